The molecule has 0 aliphatic heterocycles. The number of rotatable bonds is 6. The molecule has 3 heteroatoms. The molecule has 0 bridgehead atoms. The van der Waals surface area contributed by atoms with Gasteiger partial charge in [0.1, 0.15) is 0 Å². The Morgan fingerprint density at radius 3 is 1.42 bits per heavy atom. The monoisotopic (exact) mass is 270 g/mol. The lowest BCUT2D eigenvalue weighted by molar-refractivity contribution is 0.818. The van der Waals surface area contributed by atoms with Gasteiger partial charge in [-0.15, -0.1) is 0 Å². The van der Waals surface area contributed by atoms with Gasteiger partial charge in [-0.05, 0) is 24.2 Å². The van der Waals surface area contributed by atoms with Gasteiger partial charge < -0.3 is 9.96 Å². The SMILES string of the molecule is C[Si](C)(NCc1ccccc1)NCc1ccccc1. The first kappa shape index (κ1) is 14.0. The topological polar surface area (TPSA) is 24.1 Å². The third-order valence-corrected chi connectivity index (χ3v) is 5.28. The van der Waals surface area contributed by atoms with Crippen LogP contribution in [0, 0.1) is 0 Å². The fourth-order valence-corrected chi connectivity index (χ4v) is 3.32. The standard InChI is InChI=1S/C16H22N2Si/c1-19(2,17-13-15-9-5-3-6-10-15)18-14-16-11-7-4-8-12-16/h3-12,17-18H,13-14H2,1-2H3. The second-order valence-corrected chi connectivity index (χ2v) is 9.26. The van der Waals surface area contributed by atoms with Crippen molar-refractivity contribution >= 4 is 8.40 Å². The van der Waals surface area contributed by atoms with Gasteiger partial charge in [-0.25, -0.2) is 0 Å². The second kappa shape index (κ2) is 6.66. The van der Waals surface area contributed by atoms with Crippen LogP contribution in [0.3, 0.4) is 0 Å². The van der Waals surface area contributed by atoms with E-state index in [4.69, 9.17) is 0 Å². The first-order valence-electron chi connectivity index (χ1n) is 6.74. The Balaban J connectivity index is 1.82. The van der Waals surface area contributed by atoms with Crippen molar-refractivity contribution in [1.82, 2.24) is 9.96 Å². The first-order chi connectivity index (χ1) is 9.16. The summed E-state index contributed by atoms with van der Waals surface area (Å²) in [6.07, 6.45) is 0. The summed E-state index contributed by atoms with van der Waals surface area (Å²) in [6, 6.07) is 21.1. The van der Waals surface area contributed by atoms with Crippen molar-refractivity contribution < 1.29 is 0 Å². The molecule has 0 spiro atoms. The van der Waals surface area contributed by atoms with E-state index in [1.807, 2.05) is 0 Å². The van der Waals surface area contributed by atoms with Crippen molar-refractivity contribution in [1.29, 1.82) is 0 Å². The molecule has 0 atom stereocenters. The normalized spacial score (nSPS) is 11.5. The molecule has 0 radical (unpaired) electrons. The van der Waals surface area contributed by atoms with Crippen molar-refractivity contribution in [2.45, 2.75) is 26.2 Å². The van der Waals surface area contributed by atoms with Crippen LogP contribution >= 0.6 is 0 Å². The third kappa shape index (κ3) is 4.99. The van der Waals surface area contributed by atoms with Gasteiger partial charge in [0, 0.05) is 13.1 Å². The highest BCUT2D eigenvalue weighted by Crippen LogP contribution is 2.03. The second-order valence-electron chi connectivity index (χ2n) is 5.30. The molecule has 0 heterocycles. The molecule has 2 N–H and O–H groups in total. The lowest BCUT2D eigenvalue weighted by atomic mass is 10.2. The molecule has 0 fully saturated rings. The van der Waals surface area contributed by atoms with E-state index in [1.165, 1.54) is 11.1 Å². The maximum absolute atomic E-state index is 3.67. The van der Waals surface area contributed by atoms with Gasteiger partial charge in [-0.1, -0.05) is 60.7 Å². The molecule has 0 amide bonds. The van der Waals surface area contributed by atoms with Gasteiger partial charge in [0.15, 0.2) is 8.40 Å². The van der Waals surface area contributed by atoms with E-state index >= 15 is 0 Å². The third-order valence-electron chi connectivity index (χ3n) is 3.15. The Bertz CT molecular complexity index is 437. The van der Waals surface area contributed by atoms with Crippen LogP contribution in [0.4, 0.5) is 0 Å². The molecular formula is C16H22N2Si. The van der Waals surface area contributed by atoms with Crippen LogP contribution in [-0.4, -0.2) is 8.40 Å². The Morgan fingerprint density at radius 2 is 1.05 bits per heavy atom. The van der Waals surface area contributed by atoms with E-state index in [9.17, 15) is 0 Å². The molecule has 2 aromatic rings. The largest absolute Gasteiger partial charge is 0.322 e. The summed E-state index contributed by atoms with van der Waals surface area (Å²) in [6.45, 7) is 6.47. The molecule has 19 heavy (non-hydrogen) atoms. The lowest BCUT2D eigenvalue weighted by Gasteiger charge is -2.25. The van der Waals surface area contributed by atoms with Crippen LogP contribution in [0.2, 0.25) is 13.1 Å². The van der Waals surface area contributed by atoms with Crippen LogP contribution in [0.25, 0.3) is 0 Å². The average molecular weight is 270 g/mol. The summed E-state index contributed by atoms with van der Waals surface area (Å²) in [5, 5.41) is 0. The number of benzene rings is 2. The predicted molar refractivity (Wildman–Crippen MR) is 84.0 cm³/mol. The van der Waals surface area contributed by atoms with Crippen LogP contribution in [0.5, 0.6) is 0 Å². The lowest BCUT2D eigenvalue weighted by Crippen LogP contribution is -2.56. The molecular weight excluding hydrogens is 248 g/mol. The molecule has 0 aromatic heterocycles. The zero-order valence-electron chi connectivity index (χ0n) is 11.7. The minimum absolute atomic E-state index is 0.932. The van der Waals surface area contributed by atoms with Crippen molar-refractivity contribution in [3.05, 3.63) is 71.8 Å². The van der Waals surface area contributed by atoms with Crippen molar-refractivity contribution in [2.24, 2.45) is 0 Å². The summed E-state index contributed by atoms with van der Waals surface area (Å²) >= 11 is 0. The molecule has 0 aliphatic carbocycles. The summed E-state index contributed by atoms with van der Waals surface area (Å²) < 4.78 is 0. The summed E-state index contributed by atoms with van der Waals surface area (Å²) in [5.74, 6) is 0. The molecule has 0 saturated carbocycles. The first-order valence-corrected chi connectivity index (χ1v) is 9.74. The van der Waals surface area contributed by atoms with Gasteiger partial charge in [0.2, 0.25) is 0 Å². The zero-order valence-corrected chi connectivity index (χ0v) is 12.7. The average Bonchev–Trinajstić information content (AvgIpc) is 2.46. The van der Waals surface area contributed by atoms with Gasteiger partial charge in [-0.3, -0.25) is 0 Å². The number of nitrogens with one attached hydrogen (secondary N) is 2. The van der Waals surface area contributed by atoms with E-state index < -0.39 is 8.40 Å². The van der Waals surface area contributed by atoms with E-state index in [2.05, 4.69) is 83.7 Å². The number of hydrogen-bond acceptors (Lipinski definition) is 2. The molecule has 0 saturated heterocycles. The van der Waals surface area contributed by atoms with Crippen molar-refractivity contribution in [3.63, 3.8) is 0 Å². The van der Waals surface area contributed by atoms with Crippen LogP contribution in [0.1, 0.15) is 11.1 Å². The Labute approximate surface area is 117 Å². The minimum Gasteiger partial charge on any atom is -0.322 e. The summed E-state index contributed by atoms with van der Waals surface area (Å²) in [7, 11) is -1.57. The molecule has 0 unspecified atom stereocenters. The van der Waals surface area contributed by atoms with E-state index in [-0.39, 0.29) is 0 Å². The Morgan fingerprint density at radius 1 is 0.684 bits per heavy atom. The van der Waals surface area contributed by atoms with Crippen molar-refractivity contribution in [3.8, 4) is 0 Å². The maximum atomic E-state index is 3.67. The van der Waals surface area contributed by atoms with Gasteiger partial charge in [0.05, 0.1) is 0 Å². The Kier molecular flexibility index (Phi) is 4.91. The maximum Gasteiger partial charge on any atom is 0.195 e. The minimum atomic E-state index is -1.57. The molecule has 2 nitrogen and oxygen atoms in total. The highest BCUT2D eigenvalue weighted by Gasteiger charge is 2.19. The summed E-state index contributed by atoms with van der Waals surface area (Å²) in [5.41, 5.74) is 2.68. The van der Waals surface area contributed by atoms with Crippen LogP contribution < -0.4 is 9.96 Å². The Hall–Kier alpha value is -1.42. The quantitative estimate of drug-likeness (QED) is 0.787. The molecule has 2 aromatic carbocycles. The van der Waals surface area contributed by atoms with Crippen LogP contribution in [-0.2, 0) is 13.1 Å². The van der Waals surface area contributed by atoms with E-state index in [0.29, 0.717) is 0 Å². The highest BCUT2D eigenvalue weighted by molar-refractivity contribution is 6.72. The fourth-order valence-electron chi connectivity index (χ4n) is 1.90. The highest BCUT2D eigenvalue weighted by atomic mass is 28.3. The summed E-state index contributed by atoms with van der Waals surface area (Å²) in [4.78, 5) is 7.35. The molecule has 100 valence electrons. The van der Waals surface area contributed by atoms with Crippen LogP contribution in [0.15, 0.2) is 60.7 Å². The van der Waals surface area contributed by atoms with E-state index in [0.717, 1.165) is 13.1 Å². The predicted octanol–water partition coefficient (Wildman–Crippen LogP) is 3.27. The van der Waals surface area contributed by atoms with Crippen molar-refractivity contribution in [2.75, 3.05) is 0 Å². The van der Waals surface area contributed by atoms with Gasteiger partial charge in [-0.2, -0.15) is 0 Å². The molecule has 2 rings (SSSR count). The number of hydrogen-bond donors (Lipinski definition) is 2. The van der Waals surface area contributed by atoms with E-state index in [1.54, 1.807) is 0 Å². The van der Waals surface area contributed by atoms with Gasteiger partial charge >= 0.3 is 0 Å². The van der Waals surface area contributed by atoms with Gasteiger partial charge in [0.25, 0.3) is 0 Å². The zero-order chi connectivity index (χ0) is 13.6. The smallest absolute Gasteiger partial charge is 0.195 e. The molecule has 0 aliphatic rings. The fraction of sp³-hybridized carbons (Fsp3) is 0.250.